The van der Waals surface area contributed by atoms with Crippen molar-refractivity contribution >= 4 is 10.0 Å². The number of sulfonamides is 1. The first kappa shape index (κ1) is 18.3. The van der Waals surface area contributed by atoms with Gasteiger partial charge in [0.2, 0.25) is 10.0 Å². The standard InChI is InChI=1S/C17H17F2N3O3S/c1-11-8-12(2)22(21-11)16(17-4-3-7-25-17)10-20-26(23,24)13-5-6-14(18)15(19)9-13/h3-9,16,20H,10H2,1-2H3. The van der Waals surface area contributed by atoms with Crippen molar-refractivity contribution in [3.05, 3.63) is 71.4 Å². The highest BCUT2D eigenvalue weighted by atomic mass is 32.2. The lowest BCUT2D eigenvalue weighted by molar-refractivity contribution is 0.396. The fourth-order valence-electron chi connectivity index (χ4n) is 2.67. The van der Waals surface area contributed by atoms with Crippen LogP contribution in [0.2, 0.25) is 0 Å². The van der Waals surface area contributed by atoms with Crippen molar-refractivity contribution < 1.29 is 21.6 Å². The van der Waals surface area contributed by atoms with Gasteiger partial charge >= 0.3 is 0 Å². The molecule has 0 spiro atoms. The lowest BCUT2D eigenvalue weighted by Gasteiger charge is -2.18. The highest BCUT2D eigenvalue weighted by Gasteiger charge is 2.24. The van der Waals surface area contributed by atoms with Gasteiger partial charge in [0.05, 0.1) is 16.9 Å². The Morgan fingerprint density at radius 2 is 1.96 bits per heavy atom. The quantitative estimate of drug-likeness (QED) is 0.712. The molecule has 0 aliphatic heterocycles. The number of furan rings is 1. The van der Waals surface area contributed by atoms with E-state index in [0.717, 1.165) is 23.5 Å². The summed E-state index contributed by atoms with van der Waals surface area (Å²) in [5, 5.41) is 4.38. The second kappa shape index (κ2) is 7.00. The smallest absolute Gasteiger partial charge is 0.240 e. The number of hydrogen-bond donors (Lipinski definition) is 1. The number of nitrogens with zero attached hydrogens (tertiary/aromatic N) is 2. The molecule has 9 heteroatoms. The first-order valence-electron chi connectivity index (χ1n) is 7.79. The minimum atomic E-state index is -4.04. The van der Waals surface area contributed by atoms with Gasteiger partial charge in [0.25, 0.3) is 0 Å². The molecule has 1 N–H and O–H groups in total. The highest BCUT2D eigenvalue weighted by Crippen LogP contribution is 2.21. The normalized spacial score (nSPS) is 13.1. The van der Waals surface area contributed by atoms with Crippen LogP contribution >= 0.6 is 0 Å². The first-order valence-corrected chi connectivity index (χ1v) is 9.27. The lowest BCUT2D eigenvalue weighted by Crippen LogP contribution is -2.32. The Hall–Kier alpha value is -2.52. The highest BCUT2D eigenvalue weighted by molar-refractivity contribution is 7.89. The molecule has 2 heterocycles. The van der Waals surface area contributed by atoms with Gasteiger partial charge in [-0.25, -0.2) is 21.9 Å². The van der Waals surface area contributed by atoms with E-state index >= 15 is 0 Å². The molecule has 0 bridgehead atoms. The van der Waals surface area contributed by atoms with E-state index in [4.69, 9.17) is 4.42 Å². The van der Waals surface area contributed by atoms with Gasteiger partial charge in [-0.15, -0.1) is 0 Å². The summed E-state index contributed by atoms with van der Waals surface area (Å²) in [5.74, 6) is -1.82. The molecule has 0 saturated heterocycles. The molecule has 3 rings (SSSR count). The number of benzene rings is 1. The summed E-state index contributed by atoms with van der Waals surface area (Å²) in [6.45, 7) is 3.60. The molecule has 3 aromatic rings. The maximum Gasteiger partial charge on any atom is 0.240 e. The van der Waals surface area contributed by atoms with Crippen molar-refractivity contribution in [3.63, 3.8) is 0 Å². The molecule has 6 nitrogen and oxygen atoms in total. The average Bonchev–Trinajstić information content (AvgIpc) is 3.20. The first-order chi connectivity index (χ1) is 12.3. The molecule has 2 aromatic heterocycles. The van der Waals surface area contributed by atoms with Crippen molar-refractivity contribution in [2.75, 3.05) is 6.54 Å². The third-order valence-corrected chi connectivity index (χ3v) is 5.30. The third kappa shape index (κ3) is 3.68. The van der Waals surface area contributed by atoms with Gasteiger partial charge < -0.3 is 4.42 Å². The molecule has 1 atom stereocenters. The molecule has 0 radical (unpaired) electrons. The fraction of sp³-hybridized carbons (Fsp3) is 0.235. The summed E-state index contributed by atoms with van der Waals surface area (Å²) >= 11 is 0. The molecule has 0 aliphatic carbocycles. The van der Waals surface area contributed by atoms with Crippen LogP contribution in [0.1, 0.15) is 23.2 Å². The zero-order valence-electron chi connectivity index (χ0n) is 14.1. The van der Waals surface area contributed by atoms with E-state index in [-0.39, 0.29) is 11.4 Å². The molecular formula is C17H17F2N3O3S. The SMILES string of the molecule is Cc1cc(C)n(C(CNS(=O)(=O)c2ccc(F)c(F)c2)c2ccco2)n1. The number of hydrogen-bond acceptors (Lipinski definition) is 4. The van der Waals surface area contributed by atoms with E-state index in [2.05, 4.69) is 9.82 Å². The summed E-state index contributed by atoms with van der Waals surface area (Å²) in [4.78, 5) is -0.358. The molecule has 26 heavy (non-hydrogen) atoms. The molecule has 0 aliphatic rings. The maximum absolute atomic E-state index is 13.4. The average molecular weight is 381 g/mol. The van der Waals surface area contributed by atoms with Crippen molar-refractivity contribution in [1.82, 2.24) is 14.5 Å². The third-order valence-electron chi connectivity index (χ3n) is 3.88. The maximum atomic E-state index is 13.4. The Bertz CT molecular complexity index is 1010. The largest absolute Gasteiger partial charge is 0.467 e. The Kier molecular flexibility index (Phi) is 4.92. The summed E-state index contributed by atoms with van der Waals surface area (Å²) in [5.41, 5.74) is 1.61. The molecule has 0 saturated carbocycles. The van der Waals surface area contributed by atoms with Gasteiger partial charge in [-0.1, -0.05) is 0 Å². The molecule has 1 aromatic carbocycles. The van der Waals surface area contributed by atoms with Crippen molar-refractivity contribution in [3.8, 4) is 0 Å². The molecule has 0 fully saturated rings. The lowest BCUT2D eigenvalue weighted by atomic mass is 10.2. The topological polar surface area (TPSA) is 77.1 Å². The summed E-state index contributed by atoms with van der Waals surface area (Å²) in [6.07, 6.45) is 1.48. The minimum Gasteiger partial charge on any atom is -0.467 e. The van der Waals surface area contributed by atoms with Gasteiger partial charge in [0, 0.05) is 12.2 Å². The summed E-state index contributed by atoms with van der Waals surface area (Å²) < 4.78 is 60.7. The monoisotopic (exact) mass is 381 g/mol. The van der Waals surface area contributed by atoms with E-state index in [1.54, 1.807) is 16.8 Å². The van der Waals surface area contributed by atoms with E-state index < -0.39 is 27.7 Å². The number of aromatic nitrogens is 2. The van der Waals surface area contributed by atoms with Crippen LogP contribution in [-0.2, 0) is 10.0 Å². The Balaban J connectivity index is 1.88. The van der Waals surface area contributed by atoms with Crippen LogP contribution < -0.4 is 4.72 Å². The van der Waals surface area contributed by atoms with Crippen LogP contribution in [0.4, 0.5) is 8.78 Å². The number of nitrogens with one attached hydrogen (secondary N) is 1. The Morgan fingerprint density at radius 3 is 2.54 bits per heavy atom. The van der Waals surface area contributed by atoms with Gasteiger partial charge in [-0.3, -0.25) is 4.68 Å². The van der Waals surface area contributed by atoms with Crippen LogP contribution in [0.15, 0.2) is 52.0 Å². The van der Waals surface area contributed by atoms with Gasteiger partial charge in [0.1, 0.15) is 11.8 Å². The van der Waals surface area contributed by atoms with Crippen molar-refractivity contribution in [2.45, 2.75) is 24.8 Å². The fourth-order valence-corrected chi connectivity index (χ4v) is 3.72. The van der Waals surface area contributed by atoms with Gasteiger partial charge in [0.15, 0.2) is 11.6 Å². The van der Waals surface area contributed by atoms with Crippen LogP contribution in [-0.4, -0.2) is 24.7 Å². The van der Waals surface area contributed by atoms with Crippen LogP contribution in [0.5, 0.6) is 0 Å². The zero-order chi connectivity index (χ0) is 18.9. The molecule has 1 unspecified atom stereocenters. The molecule has 138 valence electrons. The second-order valence-corrected chi connectivity index (χ2v) is 7.60. The predicted octanol–water partition coefficient (Wildman–Crippen LogP) is 2.94. The van der Waals surface area contributed by atoms with E-state index in [1.807, 2.05) is 19.9 Å². The second-order valence-electron chi connectivity index (χ2n) is 5.83. The van der Waals surface area contributed by atoms with Crippen molar-refractivity contribution in [1.29, 1.82) is 0 Å². The van der Waals surface area contributed by atoms with Crippen LogP contribution in [0.25, 0.3) is 0 Å². The van der Waals surface area contributed by atoms with Gasteiger partial charge in [-0.05, 0) is 50.2 Å². The zero-order valence-corrected chi connectivity index (χ0v) is 14.9. The number of aryl methyl sites for hydroxylation is 2. The molecule has 0 amide bonds. The summed E-state index contributed by atoms with van der Waals surface area (Å²) in [7, 11) is -4.04. The number of halogens is 2. The number of rotatable bonds is 6. The van der Waals surface area contributed by atoms with Crippen LogP contribution in [0, 0.1) is 25.5 Å². The predicted molar refractivity (Wildman–Crippen MR) is 90.1 cm³/mol. The van der Waals surface area contributed by atoms with Gasteiger partial charge in [-0.2, -0.15) is 5.10 Å². The van der Waals surface area contributed by atoms with E-state index in [1.165, 1.54) is 6.26 Å². The molecular weight excluding hydrogens is 364 g/mol. The van der Waals surface area contributed by atoms with E-state index in [0.29, 0.717) is 11.8 Å². The Labute approximate surface area is 149 Å². The Morgan fingerprint density at radius 1 is 1.19 bits per heavy atom. The van der Waals surface area contributed by atoms with Crippen LogP contribution in [0.3, 0.4) is 0 Å². The summed E-state index contributed by atoms with van der Waals surface area (Å²) in [6, 6.07) is 7.16. The minimum absolute atomic E-state index is 0.0726. The van der Waals surface area contributed by atoms with Crippen molar-refractivity contribution in [2.24, 2.45) is 0 Å². The van der Waals surface area contributed by atoms with E-state index in [9.17, 15) is 17.2 Å².